The number of carbonyl (C=O) groups excluding carboxylic acids is 3. The van der Waals surface area contributed by atoms with E-state index < -0.39 is 17.3 Å². The number of nitrogens with zero attached hydrogens (tertiary/aromatic N) is 1. The summed E-state index contributed by atoms with van der Waals surface area (Å²) in [5.74, 6) is 0.744. The standard InChI is InChI=1S/C29H39N3O5/c1-17(33)31-23-16-32(27(35)37-29(5,6)7)24-11-10-18(13-22(23)24)8-9-19-12-20-15-30-25(21(20)14-19)26(34)36-28(2,3)4/h8-11,13,16,19-21,25,30H,12,14-15H2,1-7H3,(H,31,33)/b9-8+/t19-,20+,21-,25-/m1/s1. The predicted molar refractivity (Wildman–Crippen MR) is 144 cm³/mol. The molecule has 0 unspecified atom stereocenters. The lowest BCUT2D eigenvalue weighted by molar-refractivity contribution is -0.158. The summed E-state index contributed by atoms with van der Waals surface area (Å²) in [5, 5.41) is 6.96. The molecule has 37 heavy (non-hydrogen) atoms. The molecule has 1 aliphatic heterocycles. The van der Waals surface area contributed by atoms with Gasteiger partial charge in [0, 0.05) is 18.5 Å². The van der Waals surface area contributed by atoms with E-state index in [0.29, 0.717) is 23.0 Å². The van der Waals surface area contributed by atoms with Crippen molar-refractivity contribution in [2.75, 3.05) is 11.9 Å². The molecular weight excluding hydrogens is 470 g/mol. The minimum Gasteiger partial charge on any atom is -0.459 e. The maximum atomic E-state index is 12.8. The van der Waals surface area contributed by atoms with Gasteiger partial charge < -0.3 is 20.1 Å². The Kier molecular flexibility index (Phi) is 7.25. The molecule has 1 amide bonds. The predicted octanol–water partition coefficient (Wildman–Crippen LogP) is 5.35. The SMILES string of the molecule is CC(=O)Nc1cn(C(=O)OC(C)(C)C)c2ccc(/C=C/[C@@H]3C[C@H]4CN[C@@H](C(=O)OC(C)(C)C)[C@@H]4C3)cc12. The van der Waals surface area contributed by atoms with Crippen molar-refractivity contribution in [1.82, 2.24) is 9.88 Å². The highest BCUT2D eigenvalue weighted by molar-refractivity contribution is 6.04. The summed E-state index contributed by atoms with van der Waals surface area (Å²) in [6.07, 6.45) is 7.38. The van der Waals surface area contributed by atoms with Gasteiger partial charge in [-0.15, -0.1) is 0 Å². The van der Waals surface area contributed by atoms with E-state index in [0.717, 1.165) is 30.3 Å². The average molecular weight is 510 g/mol. The normalized spacial score (nSPS) is 23.9. The lowest BCUT2D eigenvalue weighted by Crippen LogP contribution is -2.40. The van der Waals surface area contributed by atoms with Crippen molar-refractivity contribution < 1.29 is 23.9 Å². The van der Waals surface area contributed by atoms with Gasteiger partial charge in [-0.3, -0.25) is 14.2 Å². The van der Waals surface area contributed by atoms with Gasteiger partial charge in [0.1, 0.15) is 17.2 Å². The van der Waals surface area contributed by atoms with E-state index in [1.807, 2.05) is 59.7 Å². The van der Waals surface area contributed by atoms with E-state index in [4.69, 9.17) is 9.47 Å². The molecular formula is C29H39N3O5. The summed E-state index contributed by atoms with van der Waals surface area (Å²) >= 11 is 0. The largest absolute Gasteiger partial charge is 0.459 e. The van der Waals surface area contributed by atoms with Crippen LogP contribution in [0.1, 0.15) is 66.9 Å². The second-order valence-corrected chi connectivity index (χ2v) is 12.3. The van der Waals surface area contributed by atoms with Gasteiger partial charge in [0.25, 0.3) is 0 Å². The molecule has 0 bridgehead atoms. The Labute approximate surface area is 218 Å². The highest BCUT2D eigenvalue weighted by atomic mass is 16.6. The van der Waals surface area contributed by atoms with Gasteiger partial charge in [0.05, 0.1) is 11.2 Å². The number of aromatic nitrogens is 1. The van der Waals surface area contributed by atoms with Crippen LogP contribution in [0.4, 0.5) is 10.5 Å². The number of hydrogen-bond donors (Lipinski definition) is 2. The zero-order chi connectivity index (χ0) is 27.1. The maximum absolute atomic E-state index is 12.8. The van der Waals surface area contributed by atoms with Gasteiger partial charge in [-0.25, -0.2) is 4.79 Å². The van der Waals surface area contributed by atoms with E-state index >= 15 is 0 Å². The Balaban J connectivity index is 1.52. The monoisotopic (exact) mass is 509 g/mol. The van der Waals surface area contributed by atoms with E-state index in [2.05, 4.69) is 22.8 Å². The molecule has 1 saturated heterocycles. The second kappa shape index (κ2) is 9.97. The van der Waals surface area contributed by atoms with Crippen molar-refractivity contribution in [3.63, 3.8) is 0 Å². The number of carbonyl (C=O) groups is 3. The fourth-order valence-electron chi connectivity index (χ4n) is 5.41. The first-order chi connectivity index (χ1) is 17.2. The van der Waals surface area contributed by atoms with Crippen molar-refractivity contribution in [3.05, 3.63) is 36.0 Å². The van der Waals surface area contributed by atoms with Crippen LogP contribution in [0, 0.1) is 17.8 Å². The number of ether oxygens (including phenoxy) is 2. The topological polar surface area (TPSA) is 98.7 Å². The zero-order valence-electron chi connectivity index (χ0n) is 22.9. The molecule has 1 aliphatic carbocycles. The van der Waals surface area contributed by atoms with Crippen molar-refractivity contribution in [1.29, 1.82) is 0 Å². The first kappa shape index (κ1) is 26.9. The molecule has 2 aliphatic rings. The number of rotatable bonds is 4. The number of hydrogen-bond acceptors (Lipinski definition) is 6. The molecule has 0 spiro atoms. The number of nitrogens with one attached hydrogen (secondary N) is 2. The van der Waals surface area contributed by atoms with Gasteiger partial charge in [-0.2, -0.15) is 0 Å². The molecule has 2 aromatic rings. The minimum absolute atomic E-state index is 0.157. The molecule has 1 aromatic carbocycles. The molecule has 2 heterocycles. The van der Waals surface area contributed by atoms with Crippen LogP contribution in [0.3, 0.4) is 0 Å². The van der Waals surface area contributed by atoms with E-state index in [9.17, 15) is 14.4 Å². The third-order valence-corrected chi connectivity index (χ3v) is 6.76. The first-order valence-corrected chi connectivity index (χ1v) is 13.0. The smallest absolute Gasteiger partial charge is 0.419 e. The number of allylic oxidation sites excluding steroid dienone is 1. The number of anilines is 1. The third kappa shape index (κ3) is 6.42. The van der Waals surface area contributed by atoms with Crippen LogP contribution in [-0.4, -0.2) is 46.3 Å². The van der Waals surface area contributed by atoms with Crippen molar-refractivity contribution in [2.45, 2.75) is 78.6 Å². The molecule has 200 valence electrons. The van der Waals surface area contributed by atoms with Crippen LogP contribution in [0.5, 0.6) is 0 Å². The summed E-state index contributed by atoms with van der Waals surface area (Å²) in [4.78, 5) is 37.3. The first-order valence-electron chi connectivity index (χ1n) is 13.0. The molecule has 2 N–H and O–H groups in total. The van der Waals surface area contributed by atoms with Crippen molar-refractivity contribution in [3.8, 4) is 0 Å². The van der Waals surface area contributed by atoms with Gasteiger partial charge in [0.15, 0.2) is 0 Å². The molecule has 4 rings (SSSR count). The van der Waals surface area contributed by atoms with E-state index in [-0.39, 0.29) is 23.8 Å². The van der Waals surface area contributed by atoms with Crippen LogP contribution in [0.25, 0.3) is 17.0 Å². The van der Waals surface area contributed by atoms with Crippen molar-refractivity contribution in [2.24, 2.45) is 17.8 Å². The molecule has 4 atom stereocenters. The quantitative estimate of drug-likeness (QED) is 0.539. The summed E-state index contributed by atoms with van der Waals surface area (Å²) in [6.45, 7) is 13.4. The number of amides is 1. The summed E-state index contributed by atoms with van der Waals surface area (Å²) in [6, 6.07) is 5.55. The lowest BCUT2D eigenvalue weighted by Gasteiger charge is -2.24. The number of benzene rings is 1. The second-order valence-electron chi connectivity index (χ2n) is 12.3. The van der Waals surface area contributed by atoms with Crippen LogP contribution >= 0.6 is 0 Å². The highest BCUT2D eigenvalue weighted by Crippen LogP contribution is 2.43. The number of fused-ring (bicyclic) bond motifs is 2. The third-order valence-electron chi connectivity index (χ3n) is 6.76. The zero-order valence-corrected chi connectivity index (χ0v) is 22.9. The van der Waals surface area contributed by atoms with Gasteiger partial charge in [0.2, 0.25) is 5.91 Å². The Morgan fingerprint density at radius 2 is 1.76 bits per heavy atom. The van der Waals surface area contributed by atoms with Crippen LogP contribution in [0.15, 0.2) is 30.5 Å². The molecule has 8 nitrogen and oxygen atoms in total. The molecule has 1 aromatic heterocycles. The lowest BCUT2D eigenvalue weighted by atomic mass is 9.94. The van der Waals surface area contributed by atoms with Gasteiger partial charge in [-0.1, -0.05) is 18.2 Å². The Morgan fingerprint density at radius 3 is 2.41 bits per heavy atom. The van der Waals surface area contributed by atoms with Gasteiger partial charge in [-0.05, 0) is 96.4 Å². The Hall–Kier alpha value is -3.13. The van der Waals surface area contributed by atoms with Crippen LogP contribution in [-0.2, 0) is 19.1 Å². The average Bonchev–Trinajstić information content (AvgIpc) is 3.42. The molecule has 8 heteroatoms. The Morgan fingerprint density at radius 1 is 1.05 bits per heavy atom. The fourth-order valence-corrected chi connectivity index (χ4v) is 5.41. The van der Waals surface area contributed by atoms with Crippen LogP contribution < -0.4 is 10.6 Å². The highest BCUT2D eigenvalue weighted by Gasteiger charge is 2.46. The minimum atomic E-state index is -0.637. The summed E-state index contributed by atoms with van der Waals surface area (Å²) < 4.78 is 12.6. The van der Waals surface area contributed by atoms with E-state index in [1.165, 1.54) is 11.5 Å². The Bertz CT molecular complexity index is 1230. The fraction of sp³-hybridized carbons (Fsp3) is 0.552. The summed E-state index contributed by atoms with van der Waals surface area (Å²) in [7, 11) is 0. The molecule has 2 fully saturated rings. The van der Waals surface area contributed by atoms with E-state index in [1.54, 1.807) is 6.20 Å². The van der Waals surface area contributed by atoms with Gasteiger partial charge >= 0.3 is 12.1 Å². The molecule has 1 saturated carbocycles. The summed E-state index contributed by atoms with van der Waals surface area (Å²) in [5.41, 5.74) is 1.07. The molecule has 0 radical (unpaired) electrons. The maximum Gasteiger partial charge on any atom is 0.419 e. The number of esters is 1. The van der Waals surface area contributed by atoms with Crippen LogP contribution in [0.2, 0.25) is 0 Å². The van der Waals surface area contributed by atoms with Crippen molar-refractivity contribution >= 4 is 40.6 Å².